The molecule has 0 aromatic carbocycles. The lowest BCUT2D eigenvalue weighted by molar-refractivity contribution is -0.143. The highest BCUT2D eigenvalue weighted by Crippen LogP contribution is 2.20. The maximum Gasteiger partial charge on any atom is 0.326 e. The van der Waals surface area contributed by atoms with Crippen LogP contribution < -0.4 is 0 Å². The zero-order chi connectivity index (χ0) is 15.3. The van der Waals surface area contributed by atoms with Gasteiger partial charge in [-0.25, -0.2) is 9.59 Å². The molecule has 1 aliphatic heterocycles. The molecule has 1 heterocycles. The second kappa shape index (κ2) is 7.12. The summed E-state index contributed by atoms with van der Waals surface area (Å²) in [6.45, 7) is 3.79. The molecule has 0 spiro atoms. The summed E-state index contributed by atoms with van der Waals surface area (Å²) in [7, 11) is 1.26. The average Bonchev–Trinajstić information content (AvgIpc) is 2.43. The molecule has 1 saturated heterocycles. The third-order valence-corrected chi connectivity index (χ3v) is 3.43. The number of carbonyl (C=O) groups excluding carboxylic acids is 2. The Morgan fingerprint density at radius 3 is 2.50 bits per heavy atom. The second-order valence-corrected chi connectivity index (χ2v) is 5.12. The van der Waals surface area contributed by atoms with Crippen molar-refractivity contribution < 1.29 is 24.2 Å². The van der Waals surface area contributed by atoms with E-state index in [-0.39, 0.29) is 12.6 Å². The monoisotopic (exact) mass is 286 g/mol. The highest BCUT2D eigenvalue weighted by atomic mass is 16.5. The molecule has 1 unspecified atom stereocenters. The van der Waals surface area contributed by atoms with Crippen molar-refractivity contribution in [3.8, 4) is 0 Å². The van der Waals surface area contributed by atoms with Crippen LogP contribution in [0.3, 0.4) is 0 Å². The van der Waals surface area contributed by atoms with E-state index in [0.29, 0.717) is 13.0 Å². The molecule has 1 atom stereocenters. The summed E-state index contributed by atoms with van der Waals surface area (Å²) >= 11 is 0. The fourth-order valence-electron chi connectivity index (χ4n) is 2.26. The van der Waals surface area contributed by atoms with Crippen LogP contribution in [0.2, 0.25) is 0 Å². The lowest BCUT2D eigenvalue weighted by Gasteiger charge is -2.38. The Labute approximate surface area is 118 Å². The smallest absolute Gasteiger partial charge is 0.326 e. The molecule has 7 nitrogen and oxygen atoms in total. The molecule has 1 aliphatic rings. The number of amides is 2. The molecular formula is C13H22N2O5. The van der Waals surface area contributed by atoms with Crippen molar-refractivity contribution in [1.29, 1.82) is 0 Å². The summed E-state index contributed by atoms with van der Waals surface area (Å²) in [4.78, 5) is 37.8. The fourth-order valence-corrected chi connectivity index (χ4v) is 2.26. The zero-order valence-electron chi connectivity index (χ0n) is 12.2. The minimum absolute atomic E-state index is 0.171. The number of ether oxygens (including phenoxy) is 1. The van der Waals surface area contributed by atoms with Crippen molar-refractivity contribution in [3.63, 3.8) is 0 Å². The van der Waals surface area contributed by atoms with Gasteiger partial charge >= 0.3 is 18.0 Å². The Morgan fingerprint density at radius 1 is 1.35 bits per heavy atom. The van der Waals surface area contributed by atoms with Gasteiger partial charge in [0.15, 0.2) is 0 Å². The first-order valence-electron chi connectivity index (χ1n) is 6.75. The molecule has 2 amide bonds. The van der Waals surface area contributed by atoms with E-state index in [2.05, 4.69) is 4.74 Å². The summed E-state index contributed by atoms with van der Waals surface area (Å²) in [5.74, 6) is -1.52. The van der Waals surface area contributed by atoms with Crippen molar-refractivity contribution in [2.24, 2.45) is 0 Å². The number of piperidine rings is 1. The molecule has 20 heavy (non-hydrogen) atoms. The van der Waals surface area contributed by atoms with E-state index >= 15 is 0 Å². The summed E-state index contributed by atoms with van der Waals surface area (Å²) < 4.78 is 4.57. The van der Waals surface area contributed by atoms with Gasteiger partial charge in [-0.3, -0.25) is 4.79 Å². The molecule has 0 radical (unpaired) electrons. The summed E-state index contributed by atoms with van der Waals surface area (Å²) in [6, 6.07) is -1.44. The number of urea groups is 1. The minimum atomic E-state index is -1.00. The predicted molar refractivity (Wildman–Crippen MR) is 71.2 cm³/mol. The van der Waals surface area contributed by atoms with E-state index in [1.165, 1.54) is 16.9 Å². The highest BCUT2D eigenvalue weighted by Gasteiger charge is 2.35. The first-order valence-corrected chi connectivity index (χ1v) is 6.75. The topological polar surface area (TPSA) is 87.2 Å². The Hall–Kier alpha value is -1.79. The van der Waals surface area contributed by atoms with E-state index in [1.807, 2.05) is 0 Å². The van der Waals surface area contributed by atoms with Crippen molar-refractivity contribution in [2.75, 3.05) is 20.2 Å². The van der Waals surface area contributed by atoms with Gasteiger partial charge in [0.05, 0.1) is 7.11 Å². The Morgan fingerprint density at radius 2 is 2.00 bits per heavy atom. The maximum absolute atomic E-state index is 12.5. The molecule has 7 heteroatoms. The number of esters is 1. The molecule has 0 aliphatic carbocycles. The van der Waals surface area contributed by atoms with Crippen molar-refractivity contribution in [3.05, 3.63) is 0 Å². The van der Waals surface area contributed by atoms with Gasteiger partial charge in [0.1, 0.15) is 12.6 Å². The molecule has 0 aromatic heterocycles. The Kier molecular flexibility index (Phi) is 5.79. The normalized spacial score (nSPS) is 18.8. The van der Waals surface area contributed by atoms with Crippen molar-refractivity contribution in [2.45, 2.75) is 45.2 Å². The van der Waals surface area contributed by atoms with Crippen LogP contribution in [0.5, 0.6) is 0 Å². The van der Waals surface area contributed by atoms with Crippen LogP contribution in [-0.2, 0) is 14.3 Å². The minimum Gasteiger partial charge on any atom is -0.480 e. The summed E-state index contributed by atoms with van der Waals surface area (Å²) in [5.41, 5.74) is 0. The number of carboxylic acids is 1. The van der Waals surface area contributed by atoms with Gasteiger partial charge < -0.3 is 19.6 Å². The summed E-state index contributed by atoms with van der Waals surface area (Å²) in [6.07, 6.45) is 2.02. The van der Waals surface area contributed by atoms with E-state index in [0.717, 1.165) is 12.8 Å². The molecule has 0 aromatic rings. The molecule has 1 N–H and O–H groups in total. The number of carboxylic acid groups (broad SMARTS) is 1. The number of likely N-dealkylation sites (tertiary alicyclic amines) is 1. The summed E-state index contributed by atoms with van der Waals surface area (Å²) in [5, 5.41) is 9.20. The number of aliphatic carboxylic acids is 1. The third-order valence-electron chi connectivity index (χ3n) is 3.43. The lowest BCUT2D eigenvalue weighted by atomic mass is 10.0. The van der Waals surface area contributed by atoms with Gasteiger partial charge in [-0.05, 0) is 33.1 Å². The SMILES string of the molecule is COC(=O)CN(C(=O)N1CCCCC1C(=O)O)C(C)C. The van der Waals surface area contributed by atoms with Gasteiger partial charge in [0.2, 0.25) is 0 Å². The third kappa shape index (κ3) is 3.85. The molecular weight excluding hydrogens is 264 g/mol. The number of carbonyl (C=O) groups is 3. The number of rotatable bonds is 4. The quantitative estimate of drug-likeness (QED) is 0.777. The van der Waals surface area contributed by atoms with E-state index in [1.54, 1.807) is 13.8 Å². The molecule has 1 rings (SSSR count). The van der Waals surface area contributed by atoms with Gasteiger partial charge in [0, 0.05) is 12.6 Å². The van der Waals surface area contributed by atoms with Crippen molar-refractivity contribution in [1.82, 2.24) is 9.80 Å². The number of nitrogens with zero attached hydrogens (tertiary/aromatic N) is 2. The standard InChI is InChI=1S/C13H22N2O5/c1-9(2)15(8-11(16)20-3)13(19)14-7-5-4-6-10(14)12(17)18/h9-10H,4-8H2,1-3H3,(H,17,18). The molecule has 0 saturated carbocycles. The van der Waals surface area contributed by atoms with Crippen LogP contribution in [0.25, 0.3) is 0 Å². The van der Waals surface area contributed by atoms with Crippen molar-refractivity contribution >= 4 is 18.0 Å². The molecule has 1 fully saturated rings. The highest BCUT2D eigenvalue weighted by molar-refractivity contribution is 5.85. The Bertz CT molecular complexity index is 383. The number of methoxy groups -OCH3 is 1. The average molecular weight is 286 g/mol. The van der Waals surface area contributed by atoms with E-state index in [9.17, 15) is 19.5 Å². The first kappa shape index (κ1) is 16.3. The van der Waals surface area contributed by atoms with Crippen LogP contribution in [0.1, 0.15) is 33.1 Å². The maximum atomic E-state index is 12.5. The number of hydrogen-bond donors (Lipinski definition) is 1. The zero-order valence-corrected chi connectivity index (χ0v) is 12.2. The molecule has 0 bridgehead atoms. The van der Waals surface area contributed by atoms with Crippen LogP contribution in [0.4, 0.5) is 4.79 Å². The van der Waals surface area contributed by atoms with Gasteiger partial charge in [0.25, 0.3) is 0 Å². The lowest BCUT2D eigenvalue weighted by Crippen LogP contribution is -2.55. The van der Waals surface area contributed by atoms with Gasteiger partial charge in [-0.15, -0.1) is 0 Å². The number of hydrogen-bond acceptors (Lipinski definition) is 4. The second-order valence-electron chi connectivity index (χ2n) is 5.12. The van der Waals surface area contributed by atoms with Gasteiger partial charge in [-0.1, -0.05) is 0 Å². The Balaban J connectivity index is 2.86. The van der Waals surface area contributed by atoms with Crippen LogP contribution >= 0.6 is 0 Å². The predicted octanol–water partition coefficient (Wildman–Crippen LogP) is 0.929. The fraction of sp³-hybridized carbons (Fsp3) is 0.769. The molecule has 114 valence electrons. The first-order chi connectivity index (χ1) is 9.38. The largest absolute Gasteiger partial charge is 0.480 e. The van der Waals surface area contributed by atoms with E-state index < -0.39 is 24.0 Å². The van der Waals surface area contributed by atoms with Gasteiger partial charge in [-0.2, -0.15) is 0 Å². The van der Waals surface area contributed by atoms with Crippen LogP contribution in [-0.4, -0.2) is 65.2 Å². The van der Waals surface area contributed by atoms with Crippen LogP contribution in [0, 0.1) is 0 Å². The van der Waals surface area contributed by atoms with E-state index in [4.69, 9.17) is 0 Å². The van der Waals surface area contributed by atoms with Crippen LogP contribution in [0.15, 0.2) is 0 Å².